The highest BCUT2D eigenvalue weighted by Gasteiger charge is 2.19. The Morgan fingerprint density at radius 3 is 2.52 bits per heavy atom. The molecule has 3 unspecified atom stereocenters. The Bertz CT molecular complexity index is 622. The summed E-state index contributed by atoms with van der Waals surface area (Å²) < 4.78 is 10.2. The molecule has 2 N–H and O–H groups in total. The molecule has 0 aliphatic heterocycles. The largest absolute Gasteiger partial charge is 0.507 e. The number of aromatic hydroxyl groups is 1. The van der Waals surface area contributed by atoms with Crippen molar-refractivity contribution in [3.8, 4) is 11.5 Å². The van der Waals surface area contributed by atoms with Gasteiger partial charge in [0.1, 0.15) is 23.2 Å². The highest BCUT2D eigenvalue weighted by atomic mass is 16.5. The normalized spacial score (nSPS) is 14.8. The fourth-order valence-electron chi connectivity index (χ4n) is 2.18. The van der Waals surface area contributed by atoms with Gasteiger partial charge in [-0.3, -0.25) is 4.79 Å². The molecule has 0 radical (unpaired) electrons. The van der Waals surface area contributed by atoms with Gasteiger partial charge < -0.3 is 19.7 Å². The fraction of sp³-hybridized carbons (Fsp3) is 0.474. The van der Waals surface area contributed by atoms with Crippen molar-refractivity contribution >= 4 is 11.8 Å². The smallest absolute Gasteiger partial charge is 0.342 e. The number of aliphatic hydroxyl groups is 1. The van der Waals surface area contributed by atoms with Crippen LogP contribution in [0.2, 0.25) is 0 Å². The summed E-state index contributed by atoms with van der Waals surface area (Å²) in [7, 11) is 1.46. The predicted molar refractivity (Wildman–Crippen MR) is 93.8 cm³/mol. The molecule has 1 aromatic rings. The Balaban J connectivity index is 2.56. The van der Waals surface area contributed by atoms with Crippen LogP contribution in [0, 0.1) is 5.92 Å². The van der Waals surface area contributed by atoms with Crippen molar-refractivity contribution in [2.24, 2.45) is 5.92 Å². The van der Waals surface area contributed by atoms with E-state index in [1.165, 1.54) is 25.3 Å². The van der Waals surface area contributed by atoms with E-state index >= 15 is 0 Å². The molecule has 6 nitrogen and oxygen atoms in total. The number of carbonyl (C=O) groups excluding carboxylic acids is 2. The van der Waals surface area contributed by atoms with Crippen LogP contribution < -0.4 is 4.74 Å². The summed E-state index contributed by atoms with van der Waals surface area (Å²) in [6.45, 7) is 5.18. The van der Waals surface area contributed by atoms with Crippen molar-refractivity contribution in [2.45, 2.75) is 45.8 Å². The summed E-state index contributed by atoms with van der Waals surface area (Å²) in [6.07, 6.45) is 2.75. The van der Waals surface area contributed by atoms with Gasteiger partial charge in [-0.1, -0.05) is 19.9 Å². The molecule has 0 spiro atoms. The molecule has 25 heavy (non-hydrogen) atoms. The third-order valence-electron chi connectivity index (χ3n) is 3.93. The molecule has 0 amide bonds. The topological polar surface area (TPSA) is 93.1 Å². The molecule has 1 rings (SSSR count). The van der Waals surface area contributed by atoms with E-state index in [1.807, 2.05) is 6.92 Å². The first-order chi connectivity index (χ1) is 11.8. The van der Waals surface area contributed by atoms with Gasteiger partial charge in [-0.15, -0.1) is 0 Å². The number of esters is 1. The van der Waals surface area contributed by atoms with Crippen LogP contribution in [-0.4, -0.2) is 41.3 Å². The molecule has 0 fully saturated rings. The lowest BCUT2D eigenvalue weighted by Crippen LogP contribution is -2.23. The van der Waals surface area contributed by atoms with Crippen LogP contribution in [0.15, 0.2) is 30.4 Å². The molecule has 0 aliphatic carbocycles. The zero-order chi connectivity index (χ0) is 19.0. The van der Waals surface area contributed by atoms with Crippen molar-refractivity contribution in [3.05, 3.63) is 35.9 Å². The first-order valence-electron chi connectivity index (χ1n) is 8.26. The van der Waals surface area contributed by atoms with Gasteiger partial charge in [-0.05, 0) is 31.6 Å². The highest BCUT2D eigenvalue weighted by molar-refractivity contribution is 5.93. The molecule has 0 aliphatic rings. The van der Waals surface area contributed by atoms with Crippen LogP contribution in [0.1, 0.15) is 44.0 Å². The molecule has 3 atom stereocenters. The average molecular weight is 350 g/mol. The Kier molecular flexibility index (Phi) is 8.15. The van der Waals surface area contributed by atoms with Gasteiger partial charge in [0.25, 0.3) is 0 Å². The highest BCUT2D eigenvalue weighted by Crippen LogP contribution is 2.24. The lowest BCUT2D eigenvalue weighted by Gasteiger charge is -2.14. The van der Waals surface area contributed by atoms with Gasteiger partial charge in [0.15, 0.2) is 5.78 Å². The summed E-state index contributed by atoms with van der Waals surface area (Å²) >= 11 is 0. The maximum Gasteiger partial charge on any atom is 0.342 e. The Labute approximate surface area is 148 Å². The second kappa shape index (κ2) is 9.84. The van der Waals surface area contributed by atoms with Gasteiger partial charge in [-0.2, -0.15) is 0 Å². The number of rotatable bonds is 9. The zero-order valence-corrected chi connectivity index (χ0v) is 15.1. The number of hydrogen-bond acceptors (Lipinski definition) is 6. The van der Waals surface area contributed by atoms with Gasteiger partial charge >= 0.3 is 5.97 Å². The van der Waals surface area contributed by atoms with Crippen LogP contribution in [-0.2, 0) is 9.53 Å². The number of phenolic OH excluding ortho intramolecular Hbond substituents is 1. The molecule has 1 aromatic carbocycles. The van der Waals surface area contributed by atoms with E-state index in [4.69, 9.17) is 9.47 Å². The van der Waals surface area contributed by atoms with Crippen LogP contribution in [0.3, 0.4) is 0 Å². The number of carbonyl (C=O) groups is 2. The third kappa shape index (κ3) is 6.23. The molecule has 6 heteroatoms. The second-order valence-electron chi connectivity index (χ2n) is 5.90. The molecule has 0 bridgehead atoms. The molecule has 0 heterocycles. The average Bonchev–Trinajstić information content (AvgIpc) is 2.59. The van der Waals surface area contributed by atoms with E-state index < -0.39 is 24.1 Å². The lowest BCUT2D eigenvalue weighted by molar-refractivity contribution is -0.120. The van der Waals surface area contributed by atoms with Gasteiger partial charge in [0.05, 0.1) is 13.2 Å². The zero-order valence-electron chi connectivity index (χ0n) is 15.1. The Hall–Kier alpha value is -2.34. The molecular formula is C19H26O6. The van der Waals surface area contributed by atoms with Crippen LogP contribution in [0.4, 0.5) is 0 Å². The number of benzene rings is 1. The molecule has 138 valence electrons. The van der Waals surface area contributed by atoms with Crippen molar-refractivity contribution in [1.82, 2.24) is 0 Å². The number of hydrogen-bond donors (Lipinski definition) is 2. The summed E-state index contributed by atoms with van der Waals surface area (Å²) in [5.74, 6) is -1.06. The summed E-state index contributed by atoms with van der Waals surface area (Å²) in [5, 5.41) is 19.5. The van der Waals surface area contributed by atoms with E-state index in [-0.39, 0.29) is 17.1 Å². The van der Waals surface area contributed by atoms with E-state index in [0.717, 1.165) is 0 Å². The van der Waals surface area contributed by atoms with Crippen molar-refractivity contribution in [1.29, 1.82) is 0 Å². The first kappa shape index (κ1) is 20.7. The lowest BCUT2D eigenvalue weighted by atomic mass is 9.97. The Morgan fingerprint density at radius 2 is 1.96 bits per heavy atom. The maximum atomic E-state index is 12.1. The third-order valence-corrected chi connectivity index (χ3v) is 3.93. The van der Waals surface area contributed by atoms with Crippen LogP contribution >= 0.6 is 0 Å². The van der Waals surface area contributed by atoms with Gasteiger partial charge in [0, 0.05) is 18.4 Å². The quantitative estimate of drug-likeness (QED) is 0.525. The van der Waals surface area contributed by atoms with Crippen molar-refractivity contribution in [3.63, 3.8) is 0 Å². The SMILES string of the molecule is CCC(O)C(C)C(=O)/C=C\CC(C)OC(=O)c1ccc(OC)cc1O. The van der Waals surface area contributed by atoms with E-state index in [0.29, 0.717) is 18.6 Å². The minimum Gasteiger partial charge on any atom is -0.507 e. The fourth-order valence-corrected chi connectivity index (χ4v) is 2.18. The monoisotopic (exact) mass is 350 g/mol. The summed E-state index contributed by atoms with van der Waals surface area (Å²) in [5.41, 5.74) is 0.0485. The molecule has 0 saturated heterocycles. The van der Waals surface area contributed by atoms with Gasteiger partial charge in [-0.25, -0.2) is 4.79 Å². The minimum absolute atomic E-state index is 0.0485. The number of ether oxygens (including phenoxy) is 2. The number of allylic oxidation sites excluding steroid dienone is 1. The molecule has 0 aromatic heterocycles. The number of phenols is 1. The predicted octanol–water partition coefficient (Wildman–Crippen LogP) is 2.87. The summed E-state index contributed by atoms with van der Waals surface area (Å²) in [4.78, 5) is 23.9. The molecular weight excluding hydrogens is 324 g/mol. The standard InChI is InChI=1S/C19H26O6/c1-5-16(20)13(3)17(21)8-6-7-12(2)25-19(23)15-10-9-14(24-4)11-18(15)22/h6,8-13,16,20,22H,5,7H2,1-4H3/b8-6-. The number of ketones is 1. The first-order valence-corrected chi connectivity index (χ1v) is 8.26. The maximum absolute atomic E-state index is 12.1. The summed E-state index contributed by atoms with van der Waals surface area (Å²) in [6, 6.07) is 4.32. The van der Waals surface area contributed by atoms with E-state index in [1.54, 1.807) is 26.0 Å². The second-order valence-corrected chi connectivity index (χ2v) is 5.90. The number of methoxy groups -OCH3 is 1. The number of aliphatic hydroxyl groups excluding tert-OH is 1. The van der Waals surface area contributed by atoms with E-state index in [2.05, 4.69) is 0 Å². The van der Waals surface area contributed by atoms with Crippen LogP contribution in [0.25, 0.3) is 0 Å². The van der Waals surface area contributed by atoms with E-state index in [9.17, 15) is 19.8 Å². The Morgan fingerprint density at radius 1 is 1.28 bits per heavy atom. The molecule has 0 saturated carbocycles. The van der Waals surface area contributed by atoms with Crippen molar-refractivity contribution < 1.29 is 29.3 Å². The van der Waals surface area contributed by atoms with Crippen LogP contribution in [0.5, 0.6) is 11.5 Å². The van der Waals surface area contributed by atoms with Crippen molar-refractivity contribution in [2.75, 3.05) is 7.11 Å². The van der Waals surface area contributed by atoms with Gasteiger partial charge in [0.2, 0.25) is 0 Å². The minimum atomic E-state index is -0.662.